The zero-order valence-electron chi connectivity index (χ0n) is 14.6. The monoisotopic (exact) mass is 347 g/mol. The van der Waals surface area contributed by atoms with Gasteiger partial charge in [-0.25, -0.2) is 0 Å². The van der Waals surface area contributed by atoms with Crippen molar-refractivity contribution in [2.75, 3.05) is 13.7 Å². The summed E-state index contributed by atoms with van der Waals surface area (Å²) in [6.45, 7) is 5.45. The molecule has 0 fully saturated rings. The average molecular weight is 348 g/mol. The molecule has 0 saturated carbocycles. The zero-order valence-corrected chi connectivity index (χ0v) is 15.4. The second kappa shape index (κ2) is 9.55. The van der Waals surface area contributed by atoms with Gasteiger partial charge in [-0.15, -0.1) is 0 Å². The van der Waals surface area contributed by atoms with Gasteiger partial charge in [0, 0.05) is 12.6 Å². The van der Waals surface area contributed by atoms with Gasteiger partial charge in [-0.2, -0.15) is 0 Å². The number of methoxy groups -OCH3 is 1. The Hall–Kier alpha value is -1.71. The minimum Gasteiger partial charge on any atom is -0.491 e. The molecule has 0 spiro atoms. The minimum atomic E-state index is 0.327. The standard InChI is InChI=1S/C20H26ClNO2/c1-4-9-18(16-10-7-6-8-11-16)22-14-15-12-17(21)20(23-3)19(13-15)24-5-2/h6-8,10-13,18,22H,4-5,9,14H2,1-3H3. The van der Waals surface area contributed by atoms with Gasteiger partial charge in [-0.3, -0.25) is 0 Å². The van der Waals surface area contributed by atoms with Gasteiger partial charge in [0.05, 0.1) is 18.7 Å². The fourth-order valence-corrected chi connectivity index (χ4v) is 3.10. The van der Waals surface area contributed by atoms with Gasteiger partial charge in [-0.05, 0) is 36.6 Å². The van der Waals surface area contributed by atoms with Crippen LogP contribution >= 0.6 is 11.6 Å². The number of nitrogens with one attached hydrogen (secondary N) is 1. The van der Waals surface area contributed by atoms with E-state index in [0.717, 1.165) is 24.9 Å². The van der Waals surface area contributed by atoms with Crippen LogP contribution in [0.4, 0.5) is 0 Å². The highest BCUT2D eigenvalue weighted by atomic mass is 35.5. The minimum absolute atomic E-state index is 0.327. The first-order valence-electron chi connectivity index (χ1n) is 8.47. The van der Waals surface area contributed by atoms with Crippen molar-refractivity contribution in [3.63, 3.8) is 0 Å². The van der Waals surface area contributed by atoms with Crippen molar-refractivity contribution in [3.05, 3.63) is 58.6 Å². The topological polar surface area (TPSA) is 30.5 Å². The summed E-state index contributed by atoms with van der Waals surface area (Å²) >= 11 is 6.33. The molecular weight excluding hydrogens is 322 g/mol. The SMILES string of the molecule is CCCC(NCc1cc(Cl)c(OC)c(OCC)c1)c1ccccc1. The van der Waals surface area contributed by atoms with E-state index in [4.69, 9.17) is 21.1 Å². The molecule has 0 radical (unpaired) electrons. The predicted octanol–water partition coefficient (Wildman–Crippen LogP) is 5.38. The molecule has 2 aromatic carbocycles. The van der Waals surface area contributed by atoms with Gasteiger partial charge in [0.2, 0.25) is 0 Å². The van der Waals surface area contributed by atoms with Gasteiger partial charge in [-0.1, -0.05) is 55.3 Å². The van der Waals surface area contributed by atoms with Gasteiger partial charge < -0.3 is 14.8 Å². The Balaban J connectivity index is 2.14. The number of ether oxygens (including phenoxy) is 2. The first-order valence-corrected chi connectivity index (χ1v) is 8.84. The lowest BCUT2D eigenvalue weighted by Gasteiger charge is -2.20. The first kappa shape index (κ1) is 18.6. The van der Waals surface area contributed by atoms with Gasteiger partial charge in [0.25, 0.3) is 0 Å². The van der Waals surface area contributed by atoms with Crippen LogP contribution in [0.15, 0.2) is 42.5 Å². The van der Waals surface area contributed by atoms with E-state index in [1.54, 1.807) is 7.11 Å². The third-order valence-corrected chi connectivity index (χ3v) is 4.19. The molecule has 1 unspecified atom stereocenters. The number of hydrogen-bond donors (Lipinski definition) is 1. The maximum atomic E-state index is 6.33. The van der Waals surface area contributed by atoms with Crippen LogP contribution in [0.1, 0.15) is 43.9 Å². The molecule has 2 rings (SSSR count). The molecule has 0 amide bonds. The van der Waals surface area contributed by atoms with E-state index in [1.807, 2.05) is 25.1 Å². The third-order valence-electron chi connectivity index (χ3n) is 3.91. The van der Waals surface area contributed by atoms with E-state index in [1.165, 1.54) is 5.56 Å². The number of rotatable bonds is 9. The lowest BCUT2D eigenvalue weighted by molar-refractivity contribution is 0.310. The first-order chi connectivity index (χ1) is 11.7. The number of benzene rings is 2. The van der Waals surface area contributed by atoms with E-state index < -0.39 is 0 Å². The average Bonchev–Trinajstić information content (AvgIpc) is 2.59. The Morgan fingerprint density at radius 2 is 1.88 bits per heavy atom. The quantitative estimate of drug-likeness (QED) is 0.660. The molecule has 4 heteroatoms. The highest BCUT2D eigenvalue weighted by Crippen LogP contribution is 2.36. The summed E-state index contributed by atoms with van der Waals surface area (Å²) in [6.07, 6.45) is 2.21. The molecule has 1 atom stereocenters. The van der Waals surface area contributed by atoms with Crippen LogP contribution in [0.2, 0.25) is 5.02 Å². The highest BCUT2D eigenvalue weighted by Gasteiger charge is 2.14. The zero-order chi connectivity index (χ0) is 17.4. The van der Waals surface area contributed by atoms with E-state index in [-0.39, 0.29) is 0 Å². The summed E-state index contributed by atoms with van der Waals surface area (Å²) in [7, 11) is 1.61. The third kappa shape index (κ3) is 4.89. The molecule has 0 aliphatic carbocycles. The summed E-state index contributed by atoms with van der Waals surface area (Å²) in [5.41, 5.74) is 2.39. The lowest BCUT2D eigenvalue weighted by Crippen LogP contribution is -2.20. The lowest BCUT2D eigenvalue weighted by atomic mass is 10.0. The molecule has 0 aliphatic rings. The fraction of sp³-hybridized carbons (Fsp3) is 0.400. The predicted molar refractivity (Wildman–Crippen MR) is 100 cm³/mol. The summed E-state index contributed by atoms with van der Waals surface area (Å²) in [5, 5.41) is 4.21. The Labute approximate surface area is 149 Å². The van der Waals surface area contributed by atoms with Crippen LogP contribution in [0, 0.1) is 0 Å². The second-order valence-electron chi connectivity index (χ2n) is 5.67. The number of hydrogen-bond acceptors (Lipinski definition) is 3. The Bertz CT molecular complexity index is 631. The number of halogens is 1. The Kier molecular flexibility index (Phi) is 7.41. The normalized spacial score (nSPS) is 12.0. The van der Waals surface area contributed by atoms with E-state index in [2.05, 4.69) is 36.5 Å². The highest BCUT2D eigenvalue weighted by molar-refractivity contribution is 6.32. The van der Waals surface area contributed by atoms with Crippen LogP contribution in [-0.4, -0.2) is 13.7 Å². The molecule has 130 valence electrons. The van der Waals surface area contributed by atoms with Crippen molar-refractivity contribution < 1.29 is 9.47 Å². The van der Waals surface area contributed by atoms with Crippen molar-refractivity contribution in [1.82, 2.24) is 5.32 Å². The molecule has 0 aliphatic heterocycles. The maximum absolute atomic E-state index is 6.33. The molecule has 2 aromatic rings. The van der Waals surface area contributed by atoms with Crippen LogP contribution in [0.3, 0.4) is 0 Å². The van der Waals surface area contributed by atoms with Crippen LogP contribution in [0.5, 0.6) is 11.5 Å². The molecule has 24 heavy (non-hydrogen) atoms. The van der Waals surface area contributed by atoms with Crippen molar-refractivity contribution in [2.45, 2.75) is 39.3 Å². The van der Waals surface area contributed by atoms with Gasteiger partial charge >= 0.3 is 0 Å². The summed E-state index contributed by atoms with van der Waals surface area (Å²) in [5.74, 6) is 1.28. The molecule has 0 bridgehead atoms. The molecule has 0 saturated heterocycles. The van der Waals surface area contributed by atoms with Crippen LogP contribution in [-0.2, 0) is 6.54 Å². The second-order valence-corrected chi connectivity index (χ2v) is 6.08. The Morgan fingerprint density at radius 3 is 2.50 bits per heavy atom. The van der Waals surface area contributed by atoms with Crippen molar-refractivity contribution >= 4 is 11.6 Å². The molecular formula is C20H26ClNO2. The van der Waals surface area contributed by atoms with Gasteiger partial charge in [0.1, 0.15) is 0 Å². The molecule has 0 aromatic heterocycles. The molecule has 3 nitrogen and oxygen atoms in total. The van der Waals surface area contributed by atoms with E-state index >= 15 is 0 Å². The van der Waals surface area contributed by atoms with Crippen molar-refractivity contribution in [2.24, 2.45) is 0 Å². The summed E-state index contributed by atoms with van der Waals surface area (Å²) in [4.78, 5) is 0. The Morgan fingerprint density at radius 1 is 1.12 bits per heavy atom. The van der Waals surface area contributed by atoms with E-state index in [0.29, 0.717) is 29.2 Å². The van der Waals surface area contributed by atoms with Crippen molar-refractivity contribution in [3.8, 4) is 11.5 Å². The summed E-state index contributed by atoms with van der Waals surface area (Å²) < 4.78 is 11.0. The summed E-state index contributed by atoms with van der Waals surface area (Å²) in [6, 6.07) is 14.8. The van der Waals surface area contributed by atoms with Crippen LogP contribution in [0.25, 0.3) is 0 Å². The van der Waals surface area contributed by atoms with Gasteiger partial charge in [0.15, 0.2) is 11.5 Å². The fourth-order valence-electron chi connectivity index (χ4n) is 2.79. The largest absolute Gasteiger partial charge is 0.491 e. The van der Waals surface area contributed by atoms with Crippen LogP contribution < -0.4 is 14.8 Å². The molecule has 1 N–H and O–H groups in total. The maximum Gasteiger partial charge on any atom is 0.179 e. The van der Waals surface area contributed by atoms with Crippen molar-refractivity contribution in [1.29, 1.82) is 0 Å². The smallest absolute Gasteiger partial charge is 0.179 e. The van der Waals surface area contributed by atoms with E-state index in [9.17, 15) is 0 Å². The molecule has 0 heterocycles.